The Kier molecular flexibility index (Phi) is 3.26. The van der Waals surface area contributed by atoms with Gasteiger partial charge in [-0.1, -0.05) is 12.1 Å². The molecule has 2 atom stereocenters. The normalized spacial score (nSPS) is 25.9. The lowest BCUT2D eigenvalue weighted by atomic mass is 9.85. The van der Waals surface area contributed by atoms with E-state index >= 15 is 0 Å². The smallest absolute Gasteiger partial charge is 0.149 e. The molecule has 3 heterocycles. The van der Waals surface area contributed by atoms with E-state index in [0.717, 1.165) is 30.7 Å². The molecule has 4 heteroatoms. The minimum absolute atomic E-state index is 0.233. The number of rotatable bonds is 1. The number of anilines is 1. The summed E-state index contributed by atoms with van der Waals surface area (Å²) in [5.74, 6) is 0.479. The maximum Gasteiger partial charge on any atom is 0.149 e. The highest BCUT2D eigenvalue weighted by atomic mass is 19.1. The molecule has 0 saturated carbocycles. The molecule has 0 unspecified atom stereocenters. The number of nitrogens with zero attached hydrogens (tertiary/aromatic N) is 2. The first-order valence-electron chi connectivity index (χ1n) is 7.84. The van der Waals surface area contributed by atoms with Gasteiger partial charge in [-0.15, -0.1) is 0 Å². The molecule has 1 aromatic heterocycles. The van der Waals surface area contributed by atoms with Crippen LogP contribution < -0.4 is 10.2 Å². The van der Waals surface area contributed by atoms with E-state index in [2.05, 4.69) is 15.2 Å². The van der Waals surface area contributed by atoms with Crippen LogP contribution in [0.4, 0.5) is 10.1 Å². The molecule has 0 radical (unpaired) electrons. The Morgan fingerprint density at radius 2 is 2.19 bits per heavy atom. The zero-order valence-electron chi connectivity index (χ0n) is 12.1. The largest absolute Gasteiger partial charge is 0.371 e. The SMILES string of the molecule is Fc1cccc2c(N3CC[C@@H]4NCCC[C@@H]4C3)ccnc12. The molecule has 2 saturated heterocycles. The predicted octanol–water partition coefficient (Wildman–Crippen LogP) is 2.95. The Bertz CT molecular complexity index is 658. The van der Waals surface area contributed by atoms with Crippen molar-refractivity contribution in [3.05, 3.63) is 36.3 Å². The van der Waals surface area contributed by atoms with E-state index in [4.69, 9.17) is 0 Å². The van der Waals surface area contributed by atoms with Crippen molar-refractivity contribution in [3.8, 4) is 0 Å². The fraction of sp³-hybridized carbons (Fsp3) is 0.471. The predicted molar refractivity (Wildman–Crippen MR) is 83.0 cm³/mol. The number of hydrogen-bond donors (Lipinski definition) is 1. The molecular weight excluding hydrogens is 265 g/mol. The van der Waals surface area contributed by atoms with E-state index in [1.54, 1.807) is 12.3 Å². The Hall–Kier alpha value is -1.68. The number of halogens is 1. The van der Waals surface area contributed by atoms with Crippen LogP contribution in [0.25, 0.3) is 10.9 Å². The molecule has 21 heavy (non-hydrogen) atoms. The van der Waals surface area contributed by atoms with Crippen molar-refractivity contribution in [1.82, 2.24) is 10.3 Å². The first-order chi connectivity index (χ1) is 10.3. The third kappa shape index (κ3) is 2.27. The van der Waals surface area contributed by atoms with Crippen molar-refractivity contribution >= 4 is 16.6 Å². The van der Waals surface area contributed by atoms with E-state index < -0.39 is 0 Å². The van der Waals surface area contributed by atoms with Crippen molar-refractivity contribution in [2.24, 2.45) is 5.92 Å². The summed E-state index contributed by atoms with van der Waals surface area (Å²) in [6, 6.07) is 7.93. The highest BCUT2D eigenvalue weighted by molar-refractivity contribution is 5.91. The third-order valence-electron chi connectivity index (χ3n) is 4.93. The second-order valence-electron chi connectivity index (χ2n) is 6.16. The average molecular weight is 285 g/mol. The number of benzene rings is 1. The molecule has 4 rings (SSSR count). The maximum atomic E-state index is 13.9. The molecule has 110 valence electrons. The summed E-state index contributed by atoms with van der Waals surface area (Å²) < 4.78 is 13.9. The second kappa shape index (κ2) is 5.26. The first-order valence-corrected chi connectivity index (χ1v) is 7.84. The molecule has 0 amide bonds. The fourth-order valence-corrected chi connectivity index (χ4v) is 3.87. The molecule has 0 bridgehead atoms. The van der Waals surface area contributed by atoms with Gasteiger partial charge in [0.1, 0.15) is 11.3 Å². The molecule has 1 N–H and O–H groups in total. The Balaban J connectivity index is 1.69. The van der Waals surface area contributed by atoms with Crippen LogP contribution in [0.3, 0.4) is 0 Å². The molecule has 2 aliphatic rings. The lowest BCUT2D eigenvalue weighted by Crippen LogP contribution is -2.52. The summed E-state index contributed by atoms with van der Waals surface area (Å²) in [7, 11) is 0. The van der Waals surface area contributed by atoms with Crippen molar-refractivity contribution in [2.45, 2.75) is 25.3 Å². The number of pyridine rings is 1. The lowest BCUT2D eigenvalue weighted by Gasteiger charge is -2.43. The van der Waals surface area contributed by atoms with E-state index in [1.165, 1.54) is 25.3 Å². The van der Waals surface area contributed by atoms with Gasteiger partial charge in [-0.2, -0.15) is 0 Å². The lowest BCUT2D eigenvalue weighted by molar-refractivity contribution is 0.244. The number of nitrogens with one attached hydrogen (secondary N) is 1. The summed E-state index contributed by atoms with van der Waals surface area (Å²) in [5.41, 5.74) is 1.61. The van der Waals surface area contributed by atoms with E-state index in [1.807, 2.05) is 12.1 Å². The van der Waals surface area contributed by atoms with Crippen LogP contribution in [-0.4, -0.2) is 30.7 Å². The molecule has 2 aliphatic heterocycles. The molecule has 2 aromatic rings. The Labute approximate surface area is 124 Å². The molecule has 1 aromatic carbocycles. The summed E-state index contributed by atoms with van der Waals surface area (Å²) in [5, 5.41) is 4.57. The van der Waals surface area contributed by atoms with Gasteiger partial charge in [0.05, 0.1) is 0 Å². The minimum Gasteiger partial charge on any atom is -0.371 e. The molecule has 2 fully saturated rings. The van der Waals surface area contributed by atoms with Gasteiger partial charge in [0.2, 0.25) is 0 Å². The highest BCUT2D eigenvalue weighted by Gasteiger charge is 2.31. The van der Waals surface area contributed by atoms with Crippen LogP contribution in [0.15, 0.2) is 30.5 Å². The zero-order chi connectivity index (χ0) is 14.2. The van der Waals surface area contributed by atoms with Gasteiger partial charge in [0, 0.05) is 36.4 Å². The number of aromatic nitrogens is 1. The van der Waals surface area contributed by atoms with Crippen LogP contribution in [0.5, 0.6) is 0 Å². The van der Waals surface area contributed by atoms with E-state index in [0.29, 0.717) is 17.5 Å². The van der Waals surface area contributed by atoms with Crippen LogP contribution in [0, 0.1) is 11.7 Å². The van der Waals surface area contributed by atoms with Crippen LogP contribution in [-0.2, 0) is 0 Å². The van der Waals surface area contributed by atoms with E-state index in [9.17, 15) is 4.39 Å². The van der Waals surface area contributed by atoms with Crippen LogP contribution >= 0.6 is 0 Å². The first kappa shape index (κ1) is 13.0. The zero-order valence-corrected chi connectivity index (χ0v) is 12.1. The van der Waals surface area contributed by atoms with Crippen LogP contribution in [0.1, 0.15) is 19.3 Å². The summed E-state index contributed by atoms with van der Waals surface area (Å²) in [6.45, 7) is 3.25. The quantitative estimate of drug-likeness (QED) is 0.873. The average Bonchev–Trinajstić information content (AvgIpc) is 2.54. The van der Waals surface area contributed by atoms with Crippen molar-refractivity contribution in [2.75, 3.05) is 24.5 Å². The molecule has 0 aliphatic carbocycles. The summed E-state index contributed by atoms with van der Waals surface area (Å²) in [4.78, 5) is 6.62. The van der Waals surface area contributed by atoms with Gasteiger partial charge in [-0.3, -0.25) is 4.98 Å². The van der Waals surface area contributed by atoms with Gasteiger partial charge in [0.15, 0.2) is 0 Å². The van der Waals surface area contributed by atoms with Gasteiger partial charge in [0.25, 0.3) is 0 Å². The van der Waals surface area contributed by atoms with Crippen molar-refractivity contribution < 1.29 is 4.39 Å². The molecular formula is C17H20FN3. The van der Waals surface area contributed by atoms with Crippen LogP contribution in [0.2, 0.25) is 0 Å². The van der Waals surface area contributed by atoms with Gasteiger partial charge in [-0.25, -0.2) is 4.39 Å². The van der Waals surface area contributed by atoms with Gasteiger partial charge < -0.3 is 10.2 Å². The molecule has 3 nitrogen and oxygen atoms in total. The Morgan fingerprint density at radius 3 is 3.14 bits per heavy atom. The topological polar surface area (TPSA) is 28.2 Å². The summed E-state index contributed by atoms with van der Waals surface area (Å²) in [6.07, 6.45) is 5.46. The van der Waals surface area contributed by atoms with E-state index in [-0.39, 0.29) is 5.82 Å². The monoisotopic (exact) mass is 285 g/mol. The highest BCUT2D eigenvalue weighted by Crippen LogP contribution is 2.32. The number of fused-ring (bicyclic) bond motifs is 2. The number of hydrogen-bond acceptors (Lipinski definition) is 3. The number of para-hydroxylation sites is 1. The molecule has 0 spiro atoms. The minimum atomic E-state index is -0.233. The Morgan fingerprint density at radius 1 is 1.24 bits per heavy atom. The van der Waals surface area contributed by atoms with Gasteiger partial charge >= 0.3 is 0 Å². The fourth-order valence-electron chi connectivity index (χ4n) is 3.87. The summed E-state index contributed by atoms with van der Waals surface area (Å²) >= 11 is 0. The van der Waals surface area contributed by atoms with Crippen molar-refractivity contribution in [3.63, 3.8) is 0 Å². The number of piperidine rings is 2. The standard InChI is InChI=1S/C17H20FN3/c18-14-5-1-4-13-16(6-9-20-17(13)14)21-10-7-15-12(11-21)3-2-8-19-15/h1,4-6,9,12,15,19H,2-3,7-8,10-11H2/t12-,15+/m1/s1. The van der Waals surface area contributed by atoms with Gasteiger partial charge in [-0.05, 0) is 43.9 Å². The third-order valence-corrected chi connectivity index (χ3v) is 4.93. The second-order valence-corrected chi connectivity index (χ2v) is 6.16. The van der Waals surface area contributed by atoms with Crippen molar-refractivity contribution in [1.29, 1.82) is 0 Å². The maximum absolute atomic E-state index is 13.9.